The van der Waals surface area contributed by atoms with Crippen LogP contribution < -0.4 is 5.32 Å². The first-order valence-electron chi connectivity index (χ1n) is 4.98. The molecule has 2 aromatic carbocycles. The van der Waals surface area contributed by atoms with Gasteiger partial charge >= 0.3 is 0 Å². The molecule has 0 spiro atoms. The van der Waals surface area contributed by atoms with Crippen LogP contribution in [0.5, 0.6) is 0 Å². The second kappa shape index (κ2) is 5.27. The fourth-order valence-corrected chi connectivity index (χ4v) is 1.85. The maximum absolute atomic E-state index is 13.5. The fourth-order valence-electron chi connectivity index (χ4n) is 1.39. The minimum Gasteiger partial charge on any atom is -0.322 e. The summed E-state index contributed by atoms with van der Waals surface area (Å²) in [7, 11) is 0. The molecule has 2 nitrogen and oxygen atoms in total. The van der Waals surface area contributed by atoms with Gasteiger partial charge in [0.25, 0.3) is 5.91 Å². The maximum Gasteiger partial charge on any atom is 0.258 e. The highest BCUT2D eigenvalue weighted by Gasteiger charge is 2.11. The van der Waals surface area contributed by atoms with Crippen LogP contribution in [-0.2, 0) is 0 Å². The van der Waals surface area contributed by atoms with Crippen molar-refractivity contribution in [1.29, 1.82) is 0 Å². The van der Waals surface area contributed by atoms with Gasteiger partial charge in [-0.15, -0.1) is 0 Å². The molecule has 0 aromatic heterocycles. The molecule has 0 saturated carbocycles. The molecular weight excluding hydrogens is 332 g/mol. The zero-order chi connectivity index (χ0) is 12.3. The number of benzene rings is 2. The van der Waals surface area contributed by atoms with Gasteiger partial charge < -0.3 is 5.32 Å². The lowest BCUT2D eigenvalue weighted by molar-refractivity contribution is 0.102. The number of carbonyl (C=O) groups excluding carboxylic acids is 1. The van der Waals surface area contributed by atoms with E-state index in [1.54, 1.807) is 30.3 Å². The first-order valence-corrected chi connectivity index (χ1v) is 6.06. The molecule has 1 N–H and O–H groups in total. The van der Waals surface area contributed by atoms with Gasteiger partial charge in [-0.1, -0.05) is 18.2 Å². The molecule has 4 heteroatoms. The van der Waals surface area contributed by atoms with Crippen molar-refractivity contribution in [1.82, 2.24) is 0 Å². The van der Waals surface area contributed by atoms with E-state index in [1.165, 1.54) is 12.1 Å². The van der Waals surface area contributed by atoms with Gasteiger partial charge in [0.05, 0.1) is 5.56 Å². The highest BCUT2D eigenvalue weighted by atomic mass is 127. The highest BCUT2D eigenvalue weighted by Crippen LogP contribution is 2.14. The number of anilines is 1. The molecule has 0 unspecified atom stereocenters. The molecule has 0 aliphatic carbocycles. The van der Waals surface area contributed by atoms with Crippen molar-refractivity contribution in [3.05, 3.63) is 63.5 Å². The number of para-hydroxylation sites is 1. The van der Waals surface area contributed by atoms with Crippen molar-refractivity contribution in [2.75, 3.05) is 5.32 Å². The molecule has 0 radical (unpaired) electrons. The smallest absolute Gasteiger partial charge is 0.258 e. The number of nitrogens with one attached hydrogen (secondary N) is 1. The van der Waals surface area contributed by atoms with Crippen molar-refractivity contribution in [3.63, 3.8) is 0 Å². The standard InChI is InChI=1S/C13H9FINO/c14-12-8-9(15)6-7-11(12)13(17)16-10-4-2-1-3-5-10/h1-8H,(H,16,17). The van der Waals surface area contributed by atoms with Gasteiger partial charge in [-0.25, -0.2) is 4.39 Å². The van der Waals surface area contributed by atoms with Crippen molar-refractivity contribution in [3.8, 4) is 0 Å². The van der Waals surface area contributed by atoms with E-state index >= 15 is 0 Å². The van der Waals surface area contributed by atoms with Crippen LogP contribution in [0.1, 0.15) is 10.4 Å². The van der Waals surface area contributed by atoms with Crippen LogP contribution in [0.3, 0.4) is 0 Å². The van der Waals surface area contributed by atoms with Crippen LogP contribution in [0, 0.1) is 9.39 Å². The van der Waals surface area contributed by atoms with Crippen LogP contribution in [0.25, 0.3) is 0 Å². The van der Waals surface area contributed by atoms with Gasteiger partial charge in [-0.05, 0) is 52.9 Å². The van der Waals surface area contributed by atoms with E-state index in [9.17, 15) is 9.18 Å². The Morgan fingerprint density at radius 1 is 1.12 bits per heavy atom. The number of amides is 1. The third-order valence-electron chi connectivity index (χ3n) is 2.21. The molecule has 2 aromatic rings. The molecule has 0 heterocycles. The van der Waals surface area contributed by atoms with E-state index in [0.29, 0.717) is 5.69 Å². The second-order valence-electron chi connectivity index (χ2n) is 3.44. The second-order valence-corrected chi connectivity index (χ2v) is 4.69. The number of hydrogen-bond donors (Lipinski definition) is 1. The Balaban J connectivity index is 2.21. The zero-order valence-corrected chi connectivity index (χ0v) is 10.9. The van der Waals surface area contributed by atoms with Crippen molar-refractivity contribution in [2.24, 2.45) is 0 Å². The van der Waals surface area contributed by atoms with Crippen LogP contribution in [-0.4, -0.2) is 5.91 Å². The van der Waals surface area contributed by atoms with Crippen LogP contribution in [0.2, 0.25) is 0 Å². The lowest BCUT2D eigenvalue weighted by Gasteiger charge is -2.06. The van der Waals surface area contributed by atoms with Gasteiger partial charge in [-0.3, -0.25) is 4.79 Å². The molecule has 0 fully saturated rings. The number of rotatable bonds is 2. The first kappa shape index (κ1) is 12.0. The summed E-state index contributed by atoms with van der Waals surface area (Å²) in [6.45, 7) is 0. The van der Waals surface area contributed by atoms with Gasteiger partial charge in [0, 0.05) is 9.26 Å². The zero-order valence-electron chi connectivity index (χ0n) is 8.78. The largest absolute Gasteiger partial charge is 0.322 e. The third-order valence-corrected chi connectivity index (χ3v) is 2.88. The summed E-state index contributed by atoms with van der Waals surface area (Å²) in [5.74, 6) is -0.949. The Bertz CT molecular complexity index is 542. The quantitative estimate of drug-likeness (QED) is 0.830. The topological polar surface area (TPSA) is 29.1 Å². The molecule has 86 valence electrons. The molecule has 0 saturated heterocycles. The predicted octanol–water partition coefficient (Wildman–Crippen LogP) is 3.68. The third kappa shape index (κ3) is 3.03. The van der Waals surface area contributed by atoms with E-state index in [1.807, 2.05) is 28.7 Å². The predicted molar refractivity (Wildman–Crippen MR) is 73.5 cm³/mol. The average molecular weight is 341 g/mol. The summed E-state index contributed by atoms with van der Waals surface area (Å²) in [6.07, 6.45) is 0. The van der Waals surface area contributed by atoms with Crippen molar-refractivity contribution < 1.29 is 9.18 Å². The minimum atomic E-state index is -0.509. The summed E-state index contributed by atoms with van der Waals surface area (Å²) in [5.41, 5.74) is 0.699. The van der Waals surface area contributed by atoms with E-state index in [4.69, 9.17) is 0 Å². The fraction of sp³-hybridized carbons (Fsp3) is 0. The molecule has 0 atom stereocenters. The Labute approximate surface area is 112 Å². The van der Waals surface area contributed by atoms with Crippen LogP contribution in [0.4, 0.5) is 10.1 Å². The molecule has 17 heavy (non-hydrogen) atoms. The van der Waals surface area contributed by atoms with Gasteiger partial charge in [0.2, 0.25) is 0 Å². The van der Waals surface area contributed by atoms with Gasteiger partial charge in [0.1, 0.15) is 5.82 Å². The summed E-state index contributed by atoms with van der Waals surface area (Å²) < 4.78 is 14.3. The van der Waals surface area contributed by atoms with E-state index < -0.39 is 11.7 Å². The lowest BCUT2D eigenvalue weighted by Crippen LogP contribution is -2.13. The Morgan fingerprint density at radius 2 is 1.82 bits per heavy atom. The van der Waals surface area contributed by atoms with Gasteiger partial charge in [-0.2, -0.15) is 0 Å². The monoisotopic (exact) mass is 341 g/mol. The molecule has 0 aliphatic rings. The molecule has 0 bridgehead atoms. The first-order chi connectivity index (χ1) is 8.16. The SMILES string of the molecule is O=C(Nc1ccccc1)c1ccc(I)cc1F. The Morgan fingerprint density at radius 3 is 2.47 bits per heavy atom. The molecule has 1 amide bonds. The summed E-state index contributed by atoms with van der Waals surface area (Å²) >= 11 is 2.00. The summed E-state index contributed by atoms with van der Waals surface area (Å²) in [4.78, 5) is 11.8. The average Bonchev–Trinajstić information content (AvgIpc) is 2.30. The molecular formula is C13H9FINO. The number of hydrogen-bond acceptors (Lipinski definition) is 1. The Hall–Kier alpha value is -1.43. The summed E-state index contributed by atoms with van der Waals surface area (Å²) in [5, 5.41) is 2.64. The lowest BCUT2D eigenvalue weighted by atomic mass is 10.2. The molecule has 0 aliphatic heterocycles. The van der Waals surface area contributed by atoms with Crippen molar-refractivity contribution in [2.45, 2.75) is 0 Å². The maximum atomic E-state index is 13.5. The molecule has 2 rings (SSSR count). The van der Waals surface area contributed by atoms with E-state index in [0.717, 1.165) is 3.57 Å². The van der Waals surface area contributed by atoms with E-state index in [-0.39, 0.29) is 5.56 Å². The normalized spacial score (nSPS) is 10.0. The van der Waals surface area contributed by atoms with Gasteiger partial charge in [0.15, 0.2) is 0 Å². The van der Waals surface area contributed by atoms with E-state index in [2.05, 4.69) is 5.32 Å². The summed E-state index contributed by atoms with van der Waals surface area (Å²) in [6, 6.07) is 13.5. The van der Waals surface area contributed by atoms with Crippen molar-refractivity contribution >= 4 is 34.2 Å². The highest BCUT2D eigenvalue weighted by molar-refractivity contribution is 14.1. The number of carbonyl (C=O) groups is 1. The van der Waals surface area contributed by atoms with Crippen LogP contribution in [0.15, 0.2) is 48.5 Å². The Kier molecular flexibility index (Phi) is 3.73. The number of halogens is 2. The minimum absolute atomic E-state index is 0.0502. The van der Waals surface area contributed by atoms with Crippen LogP contribution >= 0.6 is 22.6 Å².